The van der Waals surface area contributed by atoms with Crippen molar-refractivity contribution in [3.63, 3.8) is 0 Å². The van der Waals surface area contributed by atoms with Crippen LogP contribution >= 0.6 is 11.6 Å². The first-order valence-electron chi connectivity index (χ1n) is 7.42. The molecule has 0 unspecified atom stereocenters. The number of nitrogens with zero attached hydrogens (tertiary/aromatic N) is 1. The lowest BCUT2D eigenvalue weighted by Gasteiger charge is -2.15. The van der Waals surface area contributed by atoms with Crippen LogP contribution < -0.4 is 9.46 Å². The van der Waals surface area contributed by atoms with Gasteiger partial charge in [-0.1, -0.05) is 11.6 Å². The highest BCUT2D eigenvalue weighted by Gasteiger charge is 2.25. The molecular formula is C16H17ClN2O6S2. The predicted octanol–water partition coefficient (Wildman–Crippen LogP) is 1.72. The third kappa shape index (κ3) is 4.59. The van der Waals surface area contributed by atoms with E-state index in [0.29, 0.717) is 5.02 Å². The maximum atomic E-state index is 12.4. The average Bonchev–Trinajstić information content (AvgIpc) is 2.60. The van der Waals surface area contributed by atoms with Gasteiger partial charge < -0.3 is 4.74 Å². The van der Waals surface area contributed by atoms with E-state index in [4.69, 9.17) is 16.3 Å². The highest BCUT2D eigenvalue weighted by atomic mass is 35.5. The van der Waals surface area contributed by atoms with Crippen molar-refractivity contribution in [1.82, 2.24) is 9.03 Å². The molecule has 0 heterocycles. The number of carbonyl (C=O) groups excluding carboxylic acids is 1. The zero-order chi connectivity index (χ0) is 20.4. The Hall–Kier alpha value is -2.14. The molecule has 0 aromatic heterocycles. The van der Waals surface area contributed by atoms with Crippen LogP contribution in [-0.4, -0.2) is 48.3 Å². The lowest BCUT2D eigenvalue weighted by Crippen LogP contribution is -2.31. The summed E-state index contributed by atoms with van der Waals surface area (Å²) in [4.78, 5) is 12.0. The number of ether oxygens (including phenoxy) is 1. The Kier molecular flexibility index (Phi) is 6.15. The molecule has 0 saturated heterocycles. The van der Waals surface area contributed by atoms with E-state index in [-0.39, 0.29) is 21.1 Å². The van der Waals surface area contributed by atoms with Gasteiger partial charge in [0.2, 0.25) is 10.0 Å². The largest absolute Gasteiger partial charge is 0.495 e. The molecule has 0 saturated carbocycles. The van der Waals surface area contributed by atoms with Gasteiger partial charge in [0.1, 0.15) is 10.6 Å². The third-order valence-corrected chi connectivity index (χ3v) is 6.97. The second kappa shape index (κ2) is 7.85. The summed E-state index contributed by atoms with van der Waals surface area (Å²) in [5, 5.41) is 0.342. The minimum Gasteiger partial charge on any atom is -0.495 e. The number of amides is 1. The fraction of sp³-hybridized carbons (Fsp3) is 0.188. The van der Waals surface area contributed by atoms with Gasteiger partial charge in [-0.25, -0.2) is 25.9 Å². The first kappa shape index (κ1) is 21.2. The molecule has 27 heavy (non-hydrogen) atoms. The maximum Gasteiger partial charge on any atom is 0.265 e. The van der Waals surface area contributed by atoms with Crippen LogP contribution in [-0.2, 0) is 20.0 Å². The molecule has 0 radical (unpaired) electrons. The van der Waals surface area contributed by atoms with E-state index in [2.05, 4.69) is 0 Å². The lowest BCUT2D eigenvalue weighted by molar-refractivity contribution is 0.0981. The number of sulfonamides is 2. The van der Waals surface area contributed by atoms with Gasteiger partial charge >= 0.3 is 0 Å². The summed E-state index contributed by atoms with van der Waals surface area (Å²) in [5.74, 6) is -0.955. The minimum atomic E-state index is -4.15. The van der Waals surface area contributed by atoms with Crippen LogP contribution in [0.1, 0.15) is 10.4 Å². The van der Waals surface area contributed by atoms with E-state index in [0.717, 1.165) is 10.4 Å². The summed E-state index contributed by atoms with van der Waals surface area (Å²) >= 11 is 5.72. The third-order valence-electron chi connectivity index (χ3n) is 3.54. The Morgan fingerprint density at radius 1 is 1.04 bits per heavy atom. The SMILES string of the molecule is COc1ccc(C(=O)NS(=O)(=O)c2ccc(Cl)cc2)cc1S(=O)(=O)N(C)C. The molecule has 0 aliphatic heterocycles. The average molecular weight is 433 g/mol. The smallest absolute Gasteiger partial charge is 0.265 e. The molecule has 0 bridgehead atoms. The standard InChI is InChI=1S/C16H17ClN2O6S2/c1-19(2)27(23,24)15-10-11(4-9-14(15)25-3)16(20)18-26(21,22)13-7-5-12(17)6-8-13/h4-10H,1-3H3,(H,18,20). The van der Waals surface area contributed by atoms with Gasteiger partial charge in [-0.15, -0.1) is 0 Å². The molecule has 0 spiro atoms. The van der Waals surface area contributed by atoms with Crippen LogP contribution in [0.25, 0.3) is 0 Å². The number of methoxy groups -OCH3 is 1. The first-order chi connectivity index (χ1) is 12.5. The van der Waals surface area contributed by atoms with Crippen molar-refractivity contribution in [3.05, 3.63) is 53.1 Å². The number of halogens is 1. The van der Waals surface area contributed by atoms with Crippen molar-refractivity contribution in [1.29, 1.82) is 0 Å². The van der Waals surface area contributed by atoms with Crippen LogP contribution in [0.15, 0.2) is 52.3 Å². The van der Waals surface area contributed by atoms with Gasteiger partial charge in [-0.2, -0.15) is 0 Å². The zero-order valence-electron chi connectivity index (χ0n) is 14.6. The molecule has 0 aliphatic rings. The minimum absolute atomic E-state index is 0.0285. The second-order valence-corrected chi connectivity index (χ2v) is 9.78. The summed E-state index contributed by atoms with van der Waals surface area (Å²) < 4.78 is 57.3. The monoisotopic (exact) mass is 432 g/mol. The lowest BCUT2D eigenvalue weighted by atomic mass is 10.2. The predicted molar refractivity (Wildman–Crippen MR) is 100.0 cm³/mol. The molecule has 146 valence electrons. The summed E-state index contributed by atoms with van der Waals surface area (Å²) in [7, 11) is -4.13. The normalized spacial score (nSPS) is 12.0. The Bertz CT molecular complexity index is 1060. The number of nitrogens with one attached hydrogen (secondary N) is 1. The van der Waals surface area contributed by atoms with Gasteiger partial charge in [0.25, 0.3) is 15.9 Å². The molecule has 0 aliphatic carbocycles. The van der Waals surface area contributed by atoms with Crippen molar-refractivity contribution in [2.24, 2.45) is 0 Å². The topological polar surface area (TPSA) is 110 Å². The second-order valence-electron chi connectivity index (χ2n) is 5.54. The fourth-order valence-electron chi connectivity index (χ4n) is 2.07. The van der Waals surface area contributed by atoms with Crippen LogP contribution in [0.3, 0.4) is 0 Å². The number of hydrogen-bond acceptors (Lipinski definition) is 6. The summed E-state index contributed by atoms with van der Waals surface area (Å²) in [6, 6.07) is 8.83. The molecule has 2 rings (SSSR count). The van der Waals surface area contributed by atoms with Crippen molar-refractivity contribution >= 4 is 37.6 Å². The van der Waals surface area contributed by atoms with Crippen LogP contribution in [0.2, 0.25) is 5.02 Å². The van der Waals surface area contributed by atoms with E-state index >= 15 is 0 Å². The van der Waals surface area contributed by atoms with E-state index in [9.17, 15) is 21.6 Å². The fourth-order valence-corrected chi connectivity index (χ4v) is 4.24. The van der Waals surface area contributed by atoms with Gasteiger partial charge in [-0.3, -0.25) is 4.79 Å². The molecule has 1 amide bonds. The Morgan fingerprint density at radius 3 is 2.15 bits per heavy atom. The Morgan fingerprint density at radius 2 is 1.63 bits per heavy atom. The van der Waals surface area contributed by atoms with Crippen LogP contribution in [0, 0.1) is 0 Å². The number of benzene rings is 2. The number of hydrogen-bond donors (Lipinski definition) is 1. The van der Waals surface area contributed by atoms with Gasteiger partial charge in [0, 0.05) is 24.7 Å². The van der Waals surface area contributed by atoms with Gasteiger partial charge in [0.15, 0.2) is 0 Å². The maximum absolute atomic E-state index is 12.4. The summed E-state index contributed by atoms with van der Waals surface area (Å²) in [5.41, 5.74) is -0.159. The number of carbonyl (C=O) groups is 1. The van der Waals surface area contributed by atoms with Gasteiger partial charge in [-0.05, 0) is 42.5 Å². The van der Waals surface area contributed by atoms with Crippen molar-refractivity contribution in [3.8, 4) is 5.75 Å². The Labute approximate surface area is 162 Å². The molecular weight excluding hydrogens is 416 g/mol. The molecule has 0 fully saturated rings. The molecule has 2 aromatic carbocycles. The number of rotatable bonds is 6. The van der Waals surface area contributed by atoms with E-state index < -0.39 is 26.0 Å². The van der Waals surface area contributed by atoms with Gasteiger partial charge in [0.05, 0.1) is 12.0 Å². The molecule has 1 N–H and O–H groups in total. The van der Waals surface area contributed by atoms with Crippen LogP contribution in [0.4, 0.5) is 0 Å². The Balaban J connectivity index is 2.41. The van der Waals surface area contributed by atoms with Crippen molar-refractivity contribution in [2.45, 2.75) is 9.79 Å². The summed E-state index contributed by atoms with van der Waals surface area (Å²) in [6.45, 7) is 0. The highest BCUT2D eigenvalue weighted by molar-refractivity contribution is 7.90. The molecule has 0 atom stereocenters. The molecule has 8 nitrogen and oxygen atoms in total. The van der Waals surface area contributed by atoms with Crippen molar-refractivity contribution in [2.75, 3.05) is 21.2 Å². The first-order valence-corrected chi connectivity index (χ1v) is 10.7. The van der Waals surface area contributed by atoms with E-state index in [1.54, 1.807) is 0 Å². The zero-order valence-corrected chi connectivity index (χ0v) is 17.0. The summed E-state index contributed by atoms with van der Waals surface area (Å²) in [6.07, 6.45) is 0. The van der Waals surface area contributed by atoms with Crippen molar-refractivity contribution < 1.29 is 26.4 Å². The van der Waals surface area contributed by atoms with E-state index in [1.165, 1.54) is 57.6 Å². The van der Waals surface area contributed by atoms with Crippen LogP contribution in [0.5, 0.6) is 5.75 Å². The molecule has 2 aromatic rings. The molecule has 11 heteroatoms. The highest BCUT2D eigenvalue weighted by Crippen LogP contribution is 2.27. The quantitative estimate of drug-likeness (QED) is 0.744. The van der Waals surface area contributed by atoms with E-state index in [1.807, 2.05) is 4.72 Å².